The van der Waals surface area contributed by atoms with E-state index in [9.17, 15) is 18.0 Å². The molecule has 0 aromatic heterocycles. The van der Waals surface area contributed by atoms with Crippen LogP contribution in [0.2, 0.25) is 0 Å². The maximum absolute atomic E-state index is 12.3. The fraction of sp³-hybridized carbons (Fsp3) is 0.364. The summed E-state index contributed by atoms with van der Waals surface area (Å²) >= 11 is 0. The van der Waals surface area contributed by atoms with Gasteiger partial charge in [-0.15, -0.1) is 0 Å². The average molecular weight is 448 g/mol. The fourth-order valence-corrected chi connectivity index (χ4v) is 3.88. The lowest BCUT2D eigenvalue weighted by atomic mass is 9.98. The highest BCUT2D eigenvalue weighted by Gasteiger charge is 2.20. The van der Waals surface area contributed by atoms with Crippen molar-refractivity contribution in [3.05, 3.63) is 59.2 Å². The van der Waals surface area contributed by atoms with Crippen LogP contribution in [0, 0.1) is 6.92 Å². The smallest absolute Gasteiger partial charge is 0.279 e. The molecule has 2 aromatic rings. The molecule has 0 heterocycles. The van der Waals surface area contributed by atoms with Gasteiger partial charge in [0.2, 0.25) is 10.0 Å². The number of rotatable bonds is 7. The second-order valence-corrected chi connectivity index (χ2v) is 9.84. The highest BCUT2D eigenvalue weighted by molar-refractivity contribution is 7.89. The number of hydrogen-bond acceptors (Lipinski definition) is 5. The average Bonchev–Trinajstić information content (AvgIpc) is 2.71. The summed E-state index contributed by atoms with van der Waals surface area (Å²) in [5, 5.41) is 0. The predicted molar refractivity (Wildman–Crippen MR) is 118 cm³/mol. The Morgan fingerprint density at radius 2 is 1.68 bits per heavy atom. The summed E-state index contributed by atoms with van der Waals surface area (Å²) in [6.45, 7) is 7.76. The number of carbonyl (C=O) groups excluding carboxylic acids is 2. The van der Waals surface area contributed by atoms with Gasteiger partial charge < -0.3 is 4.74 Å². The monoisotopic (exact) mass is 447 g/mol. The zero-order valence-electron chi connectivity index (χ0n) is 18.6. The molecule has 0 aliphatic carbocycles. The normalized spacial score (nSPS) is 12.5. The summed E-state index contributed by atoms with van der Waals surface area (Å²) in [6, 6.07) is 11.2. The minimum atomic E-state index is -3.68. The molecule has 2 aromatic carbocycles. The van der Waals surface area contributed by atoms with Crippen LogP contribution in [0.25, 0.3) is 0 Å². The van der Waals surface area contributed by atoms with E-state index < -0.39 is 27.9 Å². The first-order valence-electron chi connectivity index (χ1n) is 9.83. The molecule has 0 radical (unpaired) electrons. The van der Waals surface area contributed by atoms with Crippen molar-refractivity contribution in [2.75, 3.05) is 14.1 Å². The zero-order chi connectivity index (χ0) is 23.3. The third-order valence-electron chi connectivity index (χ3n) is 4.72. The maximum Gasteiger partial charge on any atom is 0.279 e. The summed E-state index contributed by atoms with van der Waals surface area (Å²) in [5.74, 6) is -0.252. The van der Waals surface area contributed by atoms with Gasteiger partial charge in [0.05, 0.1) is 4.90 Å². The number of amides is 2. The molecule has 9 heteroatoms. The molecule has 1 unspecified atom stereocenters. The van der Waals surface area contributed by atoms with Crippen LogP contribution in [0.15, 0.2) is 47.4 Å². The van der Waals surface area contributed by atoms with E-state index in [1.807, 2.05) is 19.1 Å². The van der Waals surface area contributed by atoms with Crippen molar-refractivity contribution >= 4 is 21.8 Å². The molecule has 0 saturated carbocycles. The Morgan fingerprint density at radius 3 is 2.26 bits per heavy atom. The maximum atomic E-state index is 12.3. The summed E-state index contributed by atoms with van der Waals surface area (Å²) in [4.78, 5) is 24.6. The molecule has 31 heavy (non-hydrogen) atoms. The van der Waals surface area contributed by atoms with Crippen LogP contribution in [0.4, 0.5) is 0 Å². The van der Waals surface area contributed by atoms with Crippen molar-refractivity contribution in [1.29, 1.82) is 0 Å². The quantitative estimate of drug-likeness (QED) is 0.635. The minimum absolute atomic E-state index is 0.0200. The molecule has 2 N–H and O–H groups in total. The molecule has 8 nitrogen and oxygen atoms in total. The third-order valence-corrected chi connectivity index (χ3v) is 6.53. The number of sulfonamides is 1. The Labute approximate surface area is 183 Å². The lowest BCUT2D eigenvalue weighted by Gasteiger charge is -2.17. The predicted octanol–water partition coefficient (Wildman–Crippen LogP) is 2.60. The van der Waals surface area contributed by atoms with Crippen LogP contribution in [0.3, 0.4) is 0 Å². The molecule has 0 bridgehead atoms. The number of hydrazine groups is 1. The van der Waals surface area contributed by atoms with Gasteiger partial charge in [-0.3, -0.25) is 20.4 Å². The van der Waals surface area contributed by atoms with Crippen LogP contribution in [-0.2, 0) is 14.8 Å². The summed E-state index contributed by atoms with van der Waals surface area (Å²) in [6.07, 6.45) is -0.856. The highest BCUT2D eigenvalue weighted by atomic mass is 32.2. The van der Waals surface area contributed by atoms with Gasteiger partial charge in [-0.25, -0.2) is 12.7 Å². The van der Waals surface area contributed by atoms with Crippen molar-refractivity contribution < 1.29 is 22.7 Å². The molecular weight excluding hydrogens is 418 g/mol. The second-order valence-electron chi connectivity index (χ2n) is 7.69. The number of carbonyl (C=O) groups is 2. The Balaban J connectivity index is 1.99. The topological polar surface area (TPSA) is 105 Å². The Bertz CT molecular complexity index is 1060. The lowest BCUT2D eigenvalue weighted by molar-refractivity contribution is -0.128. The first-order valence-corrected chi connectivity index (χ1v) is 11.3. The number of ether oxygens (including phenoxy) is 1. The zero-order valence-corrected chi connectivity index (χ0v) is 19.4. The summed E-state index contributed by atoms with van der Waals surface area (Å²) in [5.41, 5.74) is 6.95. The van der Waals surface area contributed by atoms with Crippen LogP contribution < -0.4 is 15.6 Å². The van der Waals surface area contributed by atoms with Crippen molar-refractivity contribution in [3.63, 3.8) is 0 Å². The molecule has 0 aliphatic heterocycles. The molecule has 2 amide bonds. The molecule has 0 saturated heterocycles. The van der Waals surface area contributed by atoms with Gasteiger partial charge in [0, 0.05) is 19.7 Å². The van der Waals surface area contributed by atoms with E-state index in [1.54, 1.807) is 13.0 Å². The second kappa shape index (κ2) is 9.93. The van der Waals surface area contributed by atoms with Crippen molar-refractivity contribution in [2.45, 2.75) is 44.6 Å². The lowest BCUT2D eigenvalue weighted by Crippen LogP contribution is -2.47. The van der Waals surface area contributed by atoms with E-state index in [4.69, 9.17) is 4.74 Å². The van der Waals surface area contributed by atoms with E-state index in [2.05, 4.69) is 24.7 Å². The van der Waals surface area contributed by atoms with Gasteiger partial charge in [0.1, 0.15) is 5.75 Å². The van der Waals surface area contributed by atoms with Gasteiger partial charge in [-0.05, 0) is 61.2 Å². The van der Waals surface area contributed by atoms with E-state index >= 15 is 0 Å². The molecule has 0 spiro atoms. The van der Waals surface area contributed by atoms with Crippen LogP contribution in [0.5, 0.6) is 5.75 Å². The number of aryl methyl sites for hydroxylation is 1. The largest absolute Gasteiger partial charge is 0.481 e. The highest BCUT2D eigenvalue weighted by Crippen LogP contribution is 2.24. The van der Waals surface area contributed by atoms with Gasteiger partial charge in [0.25, 0.3) is 11.8 Å². The summed E-state index contributed by atoms with van der Waals surface area (Å²) < 4.78 is 31.2. The minimum Gasteiger partial charge on any atom is -0.481 e. The Kier molecular flexibility index (Phi) is 7.80. The molecule has 0 fully saturated rings. The number of nitrogens with one attached hydrogen (secondary N) is 2. The molecule has 0 aliphatic rings. The molecule has 168 valence electrons. The molecule has 2 rings (SSSR count). The number of hydrogen-bond donors (Lipinski definition) is 2. The number of nitrogens with zero attached hydrogens (tertiary/aromatic N) is 1. The van der Waals surface area contributed by atoms with E-state index in [0.717, 1.165) is 9.87 Å². The van der Waals surface area contributed by atoms with E-state index in [0.29, 0.717) is 11.7 Å². The fourth-order valence-electron chi connectivity index (χ4n) is 2.93. The van der Waals surface area contributed by atoms with Crippen molar-refractivity contribution in [2.24, 2.45) is 0 Å². The first kappa shape index (κ1) is 24.4. The Hall–Kier alpha value is -2.91. The van der Waals surface area contributed by atoms with Crippen LogP contribution >= 0.6 is 0 Å². The summed E-state index contributed by atoms with van der Waals surface area (Å²) in [7, 11) is -0.870. The Morgan fingerprint density at radius 1 is 1.00 bits per heavy atom. The van der Waals surface area contributed by atoms with Gasteiger partial charge in [-0.2, -0.15) is 0 Å². The van der Waals surface area contributed by atoms with Crippen LogP contribution in [0.1, 0.15) is 48.2 Å². The first-order chi connectivity index (χ1) is 14.4. The van der Waals surface area contributed by atoms with E-state index in [-0.39, 0.29) is 10.5 Å². The van der Waals surface area contributed by atoms with Gasteiger partial charge >= 0.3 is 0 Å². The van der Waals surface area contributed by atoms with Gasteiger partial charge in [0.15, 0.2) is 6.10 Å². The third kappa shape index (κ3) is 6.05. The van der Waals surface area contributed by atoms with Crippen molar-refractivity contribution in [3.8, 4) is 5.75 Å². The number of benzene rings is 2. The molecular formula is C22H29N3O5S. The van der Waals surface area contributed by atoms with E-state index in [1.165, 1.54) is 43.9 Å². The van der Waals surface area contributed by atoms with Crippen molar-refractivity contribution in [1.82, 2.24) is 15.2 Å². The SMILES string of the molecule is Cc1cc(OC(C)C(=O)NNC(=O)c2cccc(S(=O)(=O)N(C)C)c2)ccc1C(C)C. The standard InChI is InChI=1S/C22H29N3O5S/c1-14(2)20-11-10-18(12-15(20)3)30-16(4)21(26)23-24-22(27)17-8-7-9-19(13-17)31(28,29)25(5)6/h7-14,16H,1-6H3,(H,23,26)(H,24,27). The molecule has 1 atom stereocenters. The van der Waals surface area contributed by atoms with Gasteiger partial charge in [-0.1, -0.05) is 26.0 Å². The van der Waals surface area contributed by atoms with Crippen LogP contribution in [-0.4, -0.2) is 44.7 Å².